The number of benzene rings is 1. The van der Waals surface area contributed by atoms with Crippen molar-refractivity contribution in [2.75, 3.05) is 0 Å². The summed E-state index contributed by atoms with van der Waals surface area (Å²) in [6, 6.07) is -1.26. The zero-order chi connectivity index (χ0) is 16.3. The van der Waals surface area contributed by atoms with Crippen molar-refractivity contribution in [1.82, 2.24) is 5.32 Å². The maximum absolute atomic E-state index is 13.5. The van der Waals surface area contributed by atoms with Crippen LogP contribution in [0.4, 0.5) is 14.5 Å². The number of nitrogens with one attached hydrogen (secondary N) is 1. The van der Waals surface area contributed by atoms with E-state index in [2.05, 4.69) is 0 Å². The monoisotopic (exact) mass is 304 g/mol. The predicted octanol–water partition coefficient (Wildman–Crippen LogP) is 0.437. The highest BCUT2D eigenvalue weighted by molar-refractivity contribution is 5.97. The molecule has 0 spiro atoms. The van der Waals surface area contributed by atoms with E-state index in [1.165, 1.54) is 0 Å². The number of aliphatic carboxylic acids is 1. The summed E-state index contributed by atoms with van der Waals surface area (Å²) >= 11 is 0. The van der Waals surface area contributed by atoms with Crippen LogP contribution in [0.25, 0.3) is 0 Å². The van der Waals surface area contributed by atoms with Crippen molar-refractivity contribution in [2.45, 2.75) is 19.1 Å². The van der Waals surface area contributed by atoms with Crippen LogP contribution in [0.15, 0.2) is 12.1 Å². The highest BCUT2D eigenvalue weighted by atomic mass is 19.1. The van der Waals surface area contributed by atoms with E-state index in [4.69, 9.17) is 5.11 Å². The van der Waals surface area contributed by atoms with Gasteiger partial charge >= 0.3 is 11.7 Å². The fourth-order valence-electron chi connectivity index (χ4n) is 1.46. The molecule has 21 heavy (non-hydrogen) atoms. The first-order chi connectivity index (χ1) is 9.65. The number of nitro benzene ring substituents is 1. The topological polar surface area (TPSA) is 130 Å². The number of amides is 1. The van der Waals surface area contributed by atoms with Gasteiger partial charge in [-0.25, -0.2) is 9.18 Å². The number of nitro groups is 1. The van der Waals surface area contributed by atoms with Crippen LogP contribution in [0.2, 0.25) is 0 Å². The highest BCUT2D eigenvalue weighted by Crippen LogP contribution is 2.21. The Hall–Kier alpha value is -2.62. The van der Waals surface area contributed by atoms with Crippen LogP contribution < -0.4 is 5.32 Å². The van der Waals surface area contributed by atoms with Gasteiger partial charge in [0, 0.05) is 12.1 Å². The van der Waals surface area contributed by atoms with Gasteiger partial charge in [-0.1, -0.05) is 0 Å². The minimum absolute atomic E-state index is 0.144. The zero-order valence-electron chi connectivity index (χ0n) is 10.5. The highest BCUT2D eigenvalue weighted by Gasteiger charge is 2.28. The molecule has 0 radical (unpaired) electrons. The molecule has 0 aliphatic heterocycles. The number of nitrogens with zero attached hydrogens (tertiary/aromatic N) is 1. The number of carboxylic acids is 1. The van der Waals surface area contributed by atoms with Gasteiger partial charge in [-0.05, 0) is 6.92 Å². The van der Waals surface area contributed by atoms with Gasteiger partial charge in [0.15, 0.2) is 6.04 Å². The van der Waals surface area contributed by atoms with E-state index in [0.717, 1.165) is 6.92 Å². The molecule has 2 atom stereocenters. The summed E-state index contributed by atoms with van der Waals surface area (Å²) in [5.74, 6) is -5.79. The molecule has 1 rings (SSSR count). The van der Waals surface area contributed by atoms with Gasteiger partial charge in [0.1, 0.15) is 5.82 Å². The summed E-state index contributed by atoms with van der Waals surface area (Å²) in [6.45, 7) is 1.07. The minimum atomic E-state index is -1.75. The lowest BCUT2D eigenvalue weighted by Crippen LogP contribution is -2.47. The molecule has 0 heterocycles. The van der Waals surface area contributed by atoms with Crippen LogP contribution in [-0.2, 0) is 4.79 Å². The van der Waals surface area contributed by atoms with Gasteiger partial charge in [-0.3, -0.25) is 14.9 Å². The Morgan fingerprint density at radius 2 is 1.90 bits per heavy atom. The van der Waals surface area contributed by atoms with Crippen LogP contribution in [0.5, 0.6) is 0 Å². The molecule has 8 nitrogen and oxygen atoms in total. The van der Waals surface area contributed by atoms with Crippen molar-refractivity contribution >= 4 is 17.6 Å². The molecular weight excluding hydrogens is 294 g/mol. The molecule has 0 aliphatic carbocycles. The second-order valence-electron chi connectivity index (χ2n) is 4.07. The molecular formula is C11H10F2N2O6. The van der Waals surface area contributed by atoms with Crippen LogP contribution in [-0.4, -0.2) is 39.2 Å². The predicted molar refractivity (Wildman–Crippen MR) is 63.6 cm³/mol. The second kappa shape index (κ2) is 6.22. The summed E-state index contributed by atoms with van der Waals surface area (Å²) in [5, 5.41) is 30.2. The van der Waals surface area contributed by atoms with E-state index < -0.39 is 51.8 Å². The van der Waals surface area contributed by atoms with E-state index in [1.807, 2.05) is 0 Å². The molecule has 0 aliphatic rings. The lowest BCUT2D eigenvalue weighted by atomic mass is 10.1. The summed E-state index contributed by atoms with van der Waals surface area (Å²) in [7, 11) is 0. The van der Waals surface area contributed by atoms with Crippen LogP contribution in [0.1, 0.15) is 17.3 Å². The summed E-state index contributed by atoms with van der Waals surface area (Å²) in [4.78, 5) is 31.9. The molecule has 1 amide bonds. The quantitative estimate of drug-likeness (QED) is 0.534. The summed E-state index contributed by atoms with van der Waals surface area (Å²) in [5.41, 5.74) is -2.04. The third kappa shape index (κ3) is 3.69. The first kappa shape index (κ1) is 16.4. The largest absolute Gasteiger partial charge is 0.480 e. The van der Waals surface area contributed by atoms with Crippen LogP contribution in [0.3, 0.4) is 0 Å². The normalized spacial score (nSPS) is 13.3. The summed E-state index contributed by atoms with van der Waals surface area (Å²) in [6.07, 6.45) is -1.50. The number of halogens is 2. The molecule has 3 N–H and O–H groups in total. The Kier molecular flexibility index (Phi) is 4.87. The Morgan fingerprint density at radius 3 is 2.33 bits per heavy atom. The Balaban J connectivity index is 3.15. The van der Waals surface area contributed by atoms with E-state index >= 15 is 0 Å². The molecule has 0 aromatic heterocycles. The van der Waals surface area contributed by atoms with Crippen molar-refractivity contribution in [1.29, 1.82) is 0 Å². The van der Waals surface area contributed by atoms with Crippen molar-refractivity contribution in [2.24, 2.45) is 0 Å². The number of hydrogen-bond acceptors (Lipinski definition) is 5. The molecule has 1 aromatic rings. The van der Waals surface area contributed by atoms with Crippen LogP contribution in [0, 0.1) is 21.7 Å². The van der Waals surface area contributed by atoms with Gasteiger partial charge < -0.3 is 15.5 Å². The molecule has 0 saturated heterocycles. The molecule has 1 aromatic carbocycles. The average Bonchev–Trinajstić information content (AvgIpc) is 2.34. The Morgan fingerprint density at radius 1 is 1.33 bits per heavy atom. The lowest BCUT2D eigenvalue weighted by molar-refractivity contribution is -0.387. The van der Waals surface area contributed by atoms with Gasteiger partial charge in [-0.15, -0.1) is 0 Å². The van der Waals surface area contributed by atoms with E-state index in [9.17, 15) is 33.6 Å². The maximum atomic E-state index is 13.5. The maximum Gasteiger partial charge on any atom is 0.328 e. The van der Waals surface area contributed by atoms with Crippen LogP contribution >= 0.6 is 0 Å². The van der Waals surface area contributed by atoms with Gasteiger partial charge in [0.25, 0.3) is 5.91 Å². The number of aliphatic hydroxyl groups excluding tert-OH is 1. The number of aliphatic hydroxyl groups is 1. The van der Waals surface area contributed by atoms with Crippen molar-refractivity contribution in [3.8, 4) is 0 Å². The number of carbonyl (C=O) groups excluding carboxylic acids is 1. The third-order valence-electron chi connectivity index (χ3n) is 2.51. The first-order valence-corrected chi connectivity index (χ1v) is 5.50. The third-order valence-corrected chi connectivity index (χ3v) is 2.51. The number of carboxylic acid groups (broad SMARTS) is 1. The van der Waals surface area contributed by atoms with E-state index in [1.54, 1.807) is 5.32 Å². The minimum Gasteiger partial charge on any atom is -0.480 e. The average molecular weight is 304 g/mol. The van der Waals surface area contributed by atoms with Crippen molar-refractivity contribution in [3.63, 3.8) is 0 Å². The van der Waals surface area contributed by atoms with E-state index in [0.29, 0.717) is 6.07 Å². The Labute approximate surface area is 116 Å². The molecule has 0 fully saturated rings. The molecule has 0 saturated carbocycles. The molecule has 114 valence electrons. The molecule has 0 bridgehead atoms. The standard InChI is InChI=1S/C11H10F2N2O6/c1-4(16)9(11(18)19)14-10(17)5-2-8(15(20)21)7(13)3-6(5)12/h2-4,9,16H,1H3,(H,14,17)(H,18,19). The number of carbonyl (C=O) groups is 2. The Bertz CT molecular complexity index is 605. The fraction of sp³-hybridized carbons (Fsp3) is 0.273. The second-order valence-corrected chi connectivity index (χ2v) is 4.07. The van der Waals surface area contributed by atoms with Crippen molar-refractivity contribution < 1.29 is 33.5 Å². The van der Waals surface area contributed by atoms with Gasteiger partial charge in [0.05, 0.1) is 16.6 Å². The zero-order valence-corrected chi connectivity index (χ0v) is 10.5. The SMILES string of the molecule is CC(O)C(NC(=O)c1cc([N+](=O)[O-])c(F)cc1F)C(=O)O. The molecule has 10 heteroatoms. The molecule has 2 unspecified atom stereocenters. The van der Waals surface area contributed by atoms with E-state index in [-0.39, 0.29) is 6.07 Å². The smallest absolute Gasteiger partial charge is 0.328 e. The number of hydrogen-bond donors (Lipinski definition) is 3. The number of rotatable bonds is 5. The fourth-order valence-corrected chi connectivity index (χ4v) is 1.46. The van der Waals surface area contributed by atoms with Gasteiger partial charge in [0.2, 0.25) is 5.82 Å². The van der Waals surface area contributed by atoms with Crippen molar-refractivity contribution in [3.05, 3.63) is 39.4 Å². The first-order valence-electron chi connectivity index (χ1n) is 5.50. The lowest BCUT2D eigenvalue weighted by Gasteiger charge is -2.17. The van der Waals surface area contributed by atoms with Gasteiger partial charge in [-0.2, -0.15) is 4.39 Å². The summed E-state index contributed by atoms with van der Waals surface area (Å²) < 4.78 is 26.6.